The lowest BCUT2D eigenvalue weighted by Crippen LogP contribution is -1.98. The molecular weight excluding hydrogens is 371 g/mol. The highest BCUT2D eigenvalue weighted by molar-refractivity contribution is 7.86. The third-order valence-electron chi connectivity index (χ3n) is 3.31. The number of hydrogen-bond donors (Lipinski definition) is 1. The first-order valence-electron chi connectivity index (χ1n) is 6.72. The number of fused-ring (bicyclic) bond motifs is 1. The molecule has 122 valence electrons. The van der Waals surface area contributed by atoms with E-state index in [1.54, 1.807) is 6.07 Å². The fraction of sp³-hybridized carbons (Fsp3) is 0. The van der Waals surface area contributed by atoms with Crippen LogP contribution in [0.5, 0.6) is 0 Å². The van der Waals surface area contributed by atoms with Crippen molar-refractivity contribution < 1.29 is 13.0 Å². The van der Waals surface area contributed by atoms with Crippen LogP contribution in [0, 0.1) is 0 Å². The van der Waals surface area contributed by atoms with Gasteiger partial charge < -0.3 is 0 Å². The zero-order valence-corrected chi connectivity index (χ0v) is 14.3. The van der Waals surface area contributed by atoms with Crippen LogP contribution in [-0.2, 0) is 10.1 Å². The normalized spacial score (nSPS) is 12.1. The summed E-state index contributed by atoms with van der Waals surface area (Å²) in [5, 5.41) is 10.2. The molecule has 3 aromatic carbocycles. The summed E-state index contributed by atoms with van der Waals surface area (Å²) in [6.45, 7) is 0. The van der Waals surface area contributed by atoms with Gasteiger partial charge in [-0.15, -0.1) is 5.11 Å². The second-order valence-electron chi connectivity index (χ2n) is 4.91. The van der Waals surface area contributed by atoms with Gasteiger partial charge >= 0.3 is 0 Å². The summed E-state index contributed by atoms with van der Waals surface area (Å²) in [5.41, 5.74) is 0.689. The summed E-state index contributed by atoms with van der Waals surface area (Å²) in [6.07, 6.45) is 0. The number of benzene rings is 3. The monoisotopic (exact) mass is 380 g/mol. The molecule has 0 fully saturated rings. The van der Waals surface area contributed by atoms with E-state index in [-0.39, 0.29) is 10.7 Å². The Morgan fingerprint density at radius 3 is 2.33 bits per heavy atom. The SMILES string of the molecule is O=S(=O)(O)c1cc(N=Nc2c(Cl)ccc3ccccc23)ccc1Cl. The maximum absolute atomic E-state index is 11.3. The molecule has 0 aliphatic heterocycles. The van der Waals surface area contributed by atoms with Gasteiger partial charge in [0, 0.05) is 5.39 Å². The van der Waals surface area contributed by atoms with Gasteiger partial charge in [-0.3, -0.25) is 4.55 Å². The Kier molecular flexibility index (Phi) is 4.56. The van der Waals surface area contributed by atoms with Crippen LogP contribution < -0.4 is 0 Å². The summed E-state index contributed by atoms with van der Waals surface area (Å²) in [6, 6.07) is 15.1. The molecule has 3 rings (SSSR count). The van der Waals surface area contributed by atoms with Crippen molar-refractivity contribution in [2.75, 3.05) is 0 Å². The molecule has 0 bridgehead atoms. The molecule has 0 radical (unpaired) electrons. The number of azo groups is 1. The van der Waals surface area contributed by atoms with Crippen LogP contribution in [0.15, 0.2) is 69.7 Å². The minimum absolute atomic E-state index is 0.0976. The predicted molar refractivity (Wildman–Crippen MR) is 94.4 cm³/mol. The molecule has 0 aliphatic rings. The Bertz CT molecular complexity index is 1070. The topological polar surface area (TPSA) is 79.1 Å². The highest BCUT2D eigenvalue weighted by Gasteiger charge is 2.15. The van der Waals surface area contributed by atoms with Gasteiger partial charge in [-0.2, -0.15) is 13.5 Å². The van der Waals surface area contributed by atoms with E-state index in [0.717, 1.165) is 16.8 Å². The van der Waals surface area contributed by atoms with Gasteiger partial charge in [-0.05, 0) is 29.7 Å². The molecule has 3 aromatic rings. The van der Waals surface area contributed by atoms with E-state index in [9.17, 15) is 8.42 Å². The minimum Gasteiger partial charge on any atom is -0.282 e. The molecule has 0 atom stereocenters. The van der Waals surface area contributed by atoms with E-state index in [0.29, 0.717) is 10.7 Å². The van der Waals surface area contributed by atoms with Crippen LogP contribution in [-0.4, -0.2) is 13.0 Å². The van der Waals surface area contributed by atoms with Gasteiger partial charge in [0.2, 0.25) is 0 Å². The van der Waals surface area contributed by atoms with Gasteiger partial charge in [0.05, 0.1) is 15.7 Å². The van der Waals surface area contributed by atoms with E-state index in [1.165, 1.54) is 12.1 Å². The second-order valence-corrected chi connectivity index (χ2v) is 7.11. The highest BCUT2D eigenvalue weighted by Crippen LogP contribution is 2.35. The summed E-state index contributed by atoms with van der Waals surface area (Å²) >= 11 is 12.0. The highest BCUT2D eigenvalue weighted by atomic mass is 35.5. The van der Waals surface area contributed by atoms with Crippen molar-refractivity contribution in [2.24, 2.45) is 10.2 Å². The summed E-state index contributed by atoms with van der Waals surface area (Å²) in [7, 11) is -4.44. The van der Waals surface area contributed by atoms with Crippen molar-refractivity contribution in [1.29, 1.82) is 0 Å². The van der Waals surface area contributed by atoms with E-state index in [1.807, 2.05) is 30.3 Å². The van der Waals surface area contributed by atoms with E-state index in [4.69, 9.17) is 27.8 Å². The lowest BCUT2D eigenvalue weighted by atomic mass is 10.1. The molecule has 0 amide bonds. The Labute approximate surface area is 148 Å². The fourth-order valence-corrected chi connectivity index (χ4v) is 3.39. The number of rotatable bonds is 3. The van der Waals surface area contributed by atoms with Crippen LogP contribution in [0.4, 0.5) is 11.4 Å². The van der Waals surface area contributed by atoms with Gasteiger partial charge in [-0.1, -0.05) is 53.5 Å². The van der Waals surface area contributed by atoms with Gasteiger partial charge in [0.25, 0.3) is 10.1 Å². The van der Waals surface area contributed by atoms with Crippen molar-refractivity contribution in [3.63, 3.8) is 0 Å². The van der Waals surface area contributed by atoms with Crippen LogP contribution >= 0.6 is 23.2 Å². The first-order chi connectivity index (χ1) is 11.4. The Morgan fingerprint density at radius 2 is 1.58 bits per heavy atom. The zero-order valence-electron chi connectivity index (χ0n) is 12.0. The smallest absolute Gasteiger partial charge is 0.282 e. The quantitative estimate of drug-likeness (QED) is 0.459. The van der Waals surface area contributed by atoms with Crippen molar-refractivity contribution in [2.45, 2.75) is 4.90 Å². The molecule has 1 N–H and O–H groups in total. The molecule has 8 heteroatoms. The Balaban J connectivity index is 2.08. The maximum Gasteiger partial charge on any atom is 0.296 e. The third kappa shape index (κ3) is 3.42. The third-order valence-corrected chi connectivity index (χ3v) is 4.95. The van der Waals surface area contributed by atoms with Crippen molar-refractivity contribution in [1.82, 2.24) is 0 Å². The van der Waals surface area contributed by atoms with Crippen molar-refractivity contribution >= 4 is 55.5 Å². The lowest BCUT2D eigenvalue weighted by molar-refractivity contribution is 0.483. The minimum atomic E-state index is -4.44. The lowest BCUT2D eigenvalue weighted by Gasteiger charge is -2.04. The molecule has 0 heterocycles. The Morgan fingerprint density at radius 1 is 0.875 bits per heavy atom. The molecule has 0 saturated heterocycles. The van der Waals surface area contributed by atoms with E-state index in [2.05, 4.69) is 10.2 Å². The number of nitrogens with zero attached hydrogens (tertiary/aromatic N) is 2. The second kappa shape index (κ2) is 6.49. The van der Waals surface area contributed by atoms with E-state index >= 15 is 0 Å². The molecule has 0 aromatic heterocycles. The van der Waals surface area contributed by atoms with Gasteiger partial charge in [0.1, 0.15) is 10.6 Å². The Hall–Kier alpha value is -1.99. The first kappa shape index (κ1) is 16.9. The van der Waals surface area contributed by atoms with Crippen LogP contribution in [0.3, 0.4) is 0 Å². The van der Waals surface area contributed by atoms with Crippen molar-refractivity contribution in [3.8, 4) is 0 Å². The molecule has 0 unspecified atom stereocenters. The maximum atomic E-state index is 11.3. The molecular formula is C16H10Cl2N2O3S. The van der Waals surface area contributed by atoms with Gasteiger partial charge in [-0.25, -0.2) is 0 Å². The molecule has 0 spiro atoms. The summed E-state index contributed by atoms with van der Waals surface area (Å²) in [4.78, 5) is -0.426. The number of hydrogen-bond acceptors (Lipinski definition) is 4. The molecule has 24 heavy (non-hydrogen) atoms. The molecule has 5 nitrogen and oxygen atoms in total. The van der Waals surface area contributed by atoms with Gasteiger partial charge in [0.15, 0.2) is 0 Å². The number of halogens is 2. The average Bonchev–Trinajstić information content (AvgIpc) is 2.54. The largest absolute Gasteiger partial charge is 0.296 e. The summed E-state index contributed by atoms with van der Waals surface area (Å²) < 4.78 is 31.7. The fourth-order valence-electron chi connectivity index (χ4n) is 2.19. The average molecular weight is 381 g/mol. The standard InChI is InChI=1S/C16H10Cl2N2O3S/c17-13-8-6-11(9-15(13)24(21,22)23)19-20-16-12-4-2-1-3-10(12)5-7-14(16)18/h1-9H,(H,21,22,23). The van der Waals surface area contributed by atoms with Crippen LogP contribution in [0.25, 0.3) is 10.8 Å². The summed E-state index contributed by atoms with van der Waals surface area (Å²) in [5.74, 6) is 0. The van der Waals surface area contributed by atoms with E-state index < -0.39 is 15.0 Å². The first-order valence-corrected chi connectivity index (χ1v) is 8.92. The van der Waals surface area contributed by atoms with Crippen LogP contribution in [0.1, 0.15) is 0 Å². The van der Waals surface area contributed by atoms with Crippen molar-refractivity contribution in [3.05, 3.63) is 64.6 Å². The van der Waals surface area contributed by atoms with Crippen LogP contribution in [0.2, 0.25) is 10.0 Å². The predicted octanol–water partition coefficient (Wildman–Crippen LogP) is 5.81. The molecule has 0 saturated carbocycles. The zero-order chi connectivity index (χ0) is 17.3. The molecule has 0 aliphatic carbocycles.